The third kappa shape index (κ3) is 4.68. The van der Waals surface area contributed by atoms with Crippen molar-refractivity contribution in [2.24, 2.45) is 0 Å². The van der Waals surface area contributed by atoms with E-state index in [1.54, 1.807) is 0 Å². The quantitative estimate of drug-likeness (QED) is 0.492. The van der Waals surface area contributed by atoms with E-state index in [1.807, 2.05) is 6.92 Å². The molecule has 1 aliphatic heterocycles. The summed E-state index contributed by atoms with van der Waals surface area (Å²) < 4.78 is 38.5. The molecule has 1 fully saturated rings. The number of benzene rings is 2. The maximum absolute atomic E-state index is 13.3. The lowest BCUT2D eigenvalue weighted by molar-refractivity contribution is -0.384. The number of sulfonamides is 1. The van der Waals surface area contributed by atoms with Gasteiger partial charge in [0, 0.05) is 30.3 Å². The standard InChI is InChI=1S/C21H25N3O7S/c1-14-6-4-5-11-23(14)32(28,29)20-12-15(7-9-19(20)31-3)21(25)22-17-13-16(24(26)27)8-10-18(17)30-2/h7-10,12-14H,4-6,11H2,1-3H3,(H,22,25)/t14-/m0/s1. The minimum Gasteiger partial charge on any atom is -0.495 e. The van der Waals surface area contributed by atoms with Crippen LogP contribution in [0.1, 0.15) is 36.5 Å². The Morgan fingerprint density at radius 3 is 2.44 bits per heavy atom. The Balaban J connectivity index is 1.97. The van der Waals surface area contributed by atoms with E-state index in [0.717, 1.165) is 19.3 Å². The molecule has 0 unspecified atom stereocenters. The van der Waals surface area contributed by atoms with Crippen LogP contribution in [-0.4, -0.2) is 50.4 Å². The zero-order valence-corrected chi connectivity index (χ0v) is 18.8. The number of non-ortho nitro benzene ring substituents is 1. The Labute approximate surface area is 186 Å². The highest BCUT2D eigenvalue weighted by molar-refractivity contribution is 7.89. The van der Waals surface area contributed by atoms with Crippen molar-refractivity contribution in [1.82, 2.24) is 4.31 Å². The summed E-state index contributed by atoms with van der Waals surface area (Å²) in [5.41, 5.74) is -0.0719. The van der Waals surface area contributed by atoms with Crippen molar-refractivity contribution < 1.29 is 27.6 Å². The molecule has 2 aromatic carbocycles. The maximum atomic E-state index is 13.3. The fraction of sp³-hybridized carbons (Fsp3) is 0.381. The van der Waals surface area contributed by atoms with Crippen molar-refractivity contribution in [3.8, 4) is 11.5 Å². The Kier molecular flexibility index (Phi) is 6.99. The van der Waals surface area contributed by atoms with Crippen LogP contribution in [0.5, 0.6) is 11.5 Å². The fourth-order valence-corrected chi connectivity index (χ4v) is 5.56. The van der Waals surface area contributed by atoms with Gasteiger partial charge in [0.1, 0.15) is 16.4 Å². The molecule has 1 heterocycles. The molecule has 1 amide bonds. The number of methoxy groups -OCH3 is 2. The third-order valence-electron chi connectivity index (χ3n) is 5.40. The number of hydrogen-bond donors (Lipinski definition) is 1. The van der Waals surface area contributed by atoms with Gasteiger partial charge in [-0.3, -0.25) is 14.9 Å². The SMILES string of the molecule is COc1ccc([N+](=O)[O-])cc1NC(=O)c1ccc(OC)c(S(=O)(=O)N2CCCC[C@@H]2C)c1. The molecule has 32 heavy (non-hydrogen) atoms. The fourth-order valence-electron chi connectivity index (χ4n) is 3.68. The van der Waals surface area contributed by atoms with Crippen LogP contribution in [0.25, 0.3) is 0 Å². The van der Waals surface area contributed by atoms with E-state index >= 15 is 0 Å². The third-order valence-corrected chi connectivity index (χ3v) is 7.43. The molecule has 0 aromatic heterocycles. The second-order valence-electron chi connectivity index (χ2n) is 7.42. The Morgan fingerprint density at radius 2 is 1.81 bits per heavy atom. The van der Waals surface area contributed by atoms with Gasteiger partial charge in [0.2, 0.25) is 10.0 Å². The minimum absolute atomic E-state index is 0.0580. The van der Waals surface area contributed by atoms with Gasteiger partial charge in [-0.05, 0) is 44.0 Å². The number of hydrogen-bond acceptors (Lipinski definition) is 7. The summed E-state index contributed by atoms with van der Waals surface area (Å²) in [6.45, 7) is 2.25. The van der Waals surface area contributed by atoms with Gasteiger partial charge in [0.15, 0.2) is 0 Å². The molecule has 1 saturated heterocycles. The predicted octanol–water partition coefficient (Wildman–Crippen LogP) is 3.43. The van der Waals surface area contributed by atoms with Crippen molar-refractivity contribution in [3.05, 3.63) is 52.1 Å². The molecular weight excluding hydrogens is 438 g/mol. The number of amides is 1. The first-order chi connectivity index (χ1) is 15.2. The normalized spacial score (nSPS) is 16.9. The molecule has 1 atom stereocenters. The Bertz CT molecular complexity index is 1130. The van der Waals surface area contributed by atoms with E-state index in [0.29, 0.717) is 6.54 Å². The maximum Gasteiger partial charge on any atom is 0.271 e. The zero-order chi connectivity index (χ0) is 23.5. The van der Waals surface area contributed by atoms with Crippen molar-refractivity contribution in [2.75, 3.05) is 26.1 Å². The molecule has 0 radical (unpaired) electrons. The zero-order valence-electron chi connectivity index (χ0n) is 18.0. The molecule has 1 aliphatic rings. The Hall–Kier alpha value is -3.18. The molecule has 2 aromatic rings. The topological polar surface area (TPSA) is 128 Å². The van der Waals surface area contributed by atoms with Crippen molar-refractivity contribution in [2.45, 2.75) is 37.1 Å². The minimum atomic E-state index is -3.90. The molecule has 0 spiro atoms. The number of ether oxygens (including phenoxy) is 2. The van der Waals surface area contributed by atoms with Gasteiger partial charge in [-0.15, -0.1) is 0 Å². The van der Waals surface area contributed by atoms with Crippen LogP contribution in [0.2, 0.25) is 0 Å². The lowest BCUT2D eigenvalue weighted by Gasteiger charge is -2.32. The number of nitro benzene ring substituents is 1. The smallest absolute Gasteiger partial charge is 0.271 e. The van der Waals surface area contributed by atoms with Gasteiger partial charge in [-0.25, -0.2) is 8.42 Å². The van der Waals surface area contributed by atoms with Crippen molar-refractivity contribution in [3.63, 3.8) is 0 Å². The molecular formula is C21H25N3O7S. The lowest BCUT2D eigenvalue weighted by Crippen LogP contribution is -2.42. The molecule has 0 saturated carbocycles. The average molecular weight is 464 g/mol. The monoisotopic (exact) mass is 463 g/mol. The summed E-state index contributed by atoms with van der Waals surface area (Å²) >= 11 is 0. The van der Waals surface area contributed by atoms with E-state index in [9.17, 15) is 23.3 Å². The summed E-state index contributed by atoms with van der Waals surface area (Å²) in [5, 5.41) is 13.6. The van der Waals surface area contributed by atoms with Crippen LogP contribution < -0.4 is 14.8 Å². The van der Waals surface area contributed by atoms with E-state index < -0.39 is 20.9 Å². The largest absolute Gasteiger partial charge is 0.495 e. The van der Waals surface area contributed by atoms with Gasteiger partial charge in [-0.2, -0.15) is 4.31 Å². The van der Waals surface area contributed by atoms with E-state index in [4.69, 9.17) is 9.47 Å². The first kappa shape index (κ1) is 23.5. The molecule has 11 heteroatoms. The summed E-state index contributed by atoms with van der Waals surface area (Å²) in [5.74, 6) is -0.283. The molecule has 10 nitrogen and oxygen atoms in total. The van der Waals surface area contributed by atoms with Crippen molar-refractivity contribution in [1.29, 1.82) is 0 Å². The summed E-state index contributed by atoms with van der Waals surface area (Å²) in [6, 6.07) is 7.74. The Morgan fingerprint density at radius 1 is 1.12 bits per heavy atom. The first-order valence-corrected chi connectivity index (χ1v) is 11.5. The highest BCUT2D eigenvalue weighted by Gasteiger charge is 2.33. The summed E-state index contributed by atoms with van der Waals surface area (Å²) in [6.07, 6.45) is 2.48. The highest BCUT2D eigenvalue weighted by Crippen LogP contribution is 2.33. The van der Waals surface area contributed by atoms with Crippen LogP contribution in [-0.2, 0) is 10.0 Å². The number of nitro groups is 1. The number of nitrogens with one attached hydrogen (secondary N) is 1. The van der Waals surface area contributed by atoms with Crippen LogP contribution in [0.15, 0.2) is 41.3 Å². The number of carbonyl (C=O) groups excluding carboxylic acids is 1. The number of rotatable bonds is 7. The van der Waals surface area contributed by atoms with Crippen LogP contribution in [0.4, 0.5) is 11.4 Å². The number of nitrogens with zero attached hydrogens (tertiary/aromatic N) is 2. The number of carbonyl (C=O) groups is 1. The van der Waals surface area contributed by atoms with Gasteiger partial charge >= 0.3 is 0 Å². The van der Waals surface area contributed by atoms with Gasteiger partial charge in [0.05, 0.1) is 24.8 Å². The molecule has 3 rings (SSSR count). The number of piperidine rings is 1. The molecule has 1 N–H and O–H groups in total. The first-order valence-electron chi connectivity index (χ1n) is 10.0. The highest BCUT2D eigenvalue weighted by atomic mass is 32.2. The second-order valence-corrected chi connectivity index (χ2v) is 9.28. The van der Waals surface area contributed by atoms with E-state index in [-0.39, 0.29) is 39.4 Å². The average Bonchev–Trinajstić information content (AvgIpc) is 2.78. The summed E-state index contributed by atoms with van der Waals surface area (Å²) in [7, 11) is -1.17. The molecule has 172 valence electrons. The second kappa shape index (κ2) is 9.53. The van der Waals surface area contributed by atoms with Crippen LogP contribution in [0, 0.1) is 10.1 Å². The molecule has 0 aliphatic carbocycles. The van der Waals surface area contributed by atoms with Gasteiger partial charge in [0.25, 0.3) is 11.6 Å². The molecule has 0 bridgehead atoms. The van der Waals surface area contributed by atoms with Gasteiger partial charge in [-0.1, -0.05) is 6.42 Å². The van der Waals surface area contributed by atoms with E-state index in [1.165, 1.54) is 54.9 Å². The number of anilines is 1. The van der Waals surface area contributed by atoms with Crippen LogP contribution >= 0.6 is 0 Å². The van der Waals surface area contributed by atoms with E-state index in [2.05, 4.69) is 5.32 Å². The van der Waals surface area contributed by atoms with Crippen LogP contribution in [0.3, 0.4) is 0 Å². The van der Waals surface area contributed by atoms with Crippen molar-refractivity contribution >= 4 is 27.3 Å². The predicted molar refractivity (Wildman–Crippen MR) is 118 cm³/mol. The summed E-state index contributed by atoms with van der Waals surface area (Å²) in [4.78, 5) is 23.3. The lowest BCUT2D eigenvalue weighted by atomic mass is 10.1. The van der Waals surface area contributed by atoms with Gasteiger partial charge < -0.3 is 14.8 Å².